The molecule has 4 aromatic rings. The van der Waals surface area contributed by atoms with Crippen molar-refractivity contribution in [1.29, 1.82) is 0 Å². The van der Waals surface area contributed by atoms with Gasteiger partial charge in [-0.15, -0.1) is 0 Å². The van der Waals surface area contributed by atoms with Gasteiger partial charge < -0.3 is 0 Å². The number of rotatable bonds is 8. The first-order valence-electron chi connectivity index (χ1n) is 12.4. The molecule has 0 radical (unpaired) electrons. The second-order valence-electron chi connectivity index (χ2n) is 9.41. The molecule has 0 saturated heterocycles. The maximum Gasteiger partial charge on any atom is 0.145 e. The first kappa shape index (κ1) is 23.9. The fourth-order valence-electron chi connectivity index (χ4n) is 4.77. The molecule has 0 amide bonds. The SMILES string of the molecule is CCCCCCc1ccc(-c2cc(C)c(-n3c(-c4ccc(F)cc4)nc(C)c3C)c(C)c2)cc1. The molecule has 0 aliphatic rings. The molecule has 0 atom stereocenters. The Labute approximate surface area is 203 Å². The van der Waals surface area contributed by atoms with Crippen molar-refractivity contribution >= 4 is 0 Å². The molecule has 0 bridgehead atoms. The summed E-state index contributed by atoms with van der Waals surface area (Å²) in [6.45, 7) is 10.7. The lowest BCUT2D eigenvalue weighted by Gasteiger charge is -2.18. The molecule has 176 valence electrons. The number of aryl methyl sites for hydroxylation is 4. The number of unbranched alkanes of at least 4 members (excludes halogenated alkanes) is 3. The number of halogens is 1. The van der Waals surface area contributed by atoms with Gasteiger partial charge in [0.05, 0.1) is 11.4 Å². The van der Waals surface area contributed by atoms with E-state index in [1.54, 1.807) is 12.1 Å². The highest BCUT2D eigenvalue weighted by Crippen LogP contribution is 2.33. The molecule has 0 aliphatic heterocycles. The monoisotopic (exact) mass is 454 g/mol. The highest BCUT2D eigenvalue weighted by atomic mass is 19.1. The first-order chi connectivity index (χ1) is 16.4. The van der Waals surface area contributed by atoms with Gasteiger partial charge in [0.25, 0.3) is 0 Å². The third kappa shape index (κ3) is 4.99. The minimum absolute atomic E-state index is 0.237. The number of nitrogens with zero attached hydrogens (tertiary/aromatic N) is 2. The highest BCUT2D eigenvalue weighted by molar-refractivity contribution is 5.71. The van der Waals surface area contributed by atoms with Crippen molar-refractivity contribution in [2.45, 2.75) is 66.7 Å². The van der Waals surface area contributed by atoms with E-state index in [0.717, 1.165) is 34.9 Å². The van der Waals surface area contributed by atoms with Crippen LogP contribution < -0.4 is 0 Å². The van der Waals surface area contributed by atoms with Crippen LogP contribution in [0.5, 0.6) is 0 Å². The lowest BCUT2D eigenvalue weighted by molar-refractivity contribution is 0.628. The van der Waals surface area contributed by atoms with Crippen LogP contribution in [0.3, 0.4) is 0 Å². The molecule has 0 fully saturated rings. The summed E-state index contributed by atoms with van der Waals surface area (Å²) in [5, 5.41) is 0. The van der Waals surface area contributed by atoms with Crippen molar-refractivity contribution in [3.8, 4) is 28.2 Å². The lowest BCUT2D eigenvalue weighted by atomic mass is 9.96. The summed E-state index contributed by atoms with van der Waals surface area (Å²) in [5.41, 5.74) is 10.4. The molecule has 1 heterocycles. The van der Waals surface area contributed by atoms with Crippen molar-refractivity contribution in [3.63, 3.8) is 0 Å². The van der Waals surface area contributed by atoms with Crippen LogP contribution in [-0.4, -0.2) is 9.55 Å². The summed E-state index contributed by atoms with van der Waals surface area (Å²) in [4.78, 5) is 4.84. The van der Waals surface area contributed by atoms with Crippen LogP contribution >= 0.6 is 0 Å². The van der Waals surface area contributed by atoms with Crippen molar-refractivity contribution < 1.29 is 4.39 Å². The van der Waals surface area contributed by atoms with E-state index in [4.69, 9.17) is 4.98 Å². The van der Waals surface area contributed by atoms with Gasteiger partial charge in [-0.2, -0.15) is 0 Å². The molecule has 3 heteroatoms. The maximum atomic E-state index is 13.5. The van der Waals surface area contributed by atoms with Crippen molar-refractivity contribution in [2.24, 2.45) is 0 Å². The molecular formula is C31H35FN2. The summed E-state index contributed by atoms with van der Waals surface area (Å²) in [6.07, 6.45) is 6.33. The van der Waals surface area contributed by atoms with Gasteiger partial charge in [-0.25, -0.2) is 9.37 Å². The zero-order valence-electron chi connectivity index (χ0n) is 21.1. The molecule has 0 aliphatic carbocycles. The summed E-state index contributed by atoms with van der Waals surface area (Å²) in [7, 11) is 0. The standard InChI is InChI=1S/C31H35FN2/c1-6-7-8-9-10-25-11-13-26(14-12-25)28-19-21(2)30(22(3)20-28)34-24(5)23(4)33-31(34)27-15-17-29(32)18-16-27/h11-20H,6-10H2,1-5H3. The van der Waals surface area contributed by atoms with Crippen LogP contribution in [0.4, 0.5) is 4.39 Å². The van der Waals surface area contributed by atoms with Crippen molar-refractivity contribution in [3.05, 3.63) is 94.6 Å². The van der Waals surface area contributed by atoms with Crippen LogP contribution in [0.25, 0.3) is 28.2 Å². The van der Waals surface area contributed by atoms with Crippen LogP contribution in [0.15, 0.2) is 60.7 Å². The largest absolute Gasteiger partial charge is 0.296 e. The highest BCUT2D eigenvalue weighted by Gasteiger charge is 2.18. The Morgan fingerprint density at radius 3 is 1.97 bits per heavy atom. The van der Waals surface area contributed by atoms with Gasteiger partial charge in [0, 0.05) is 11.3 Å². The van der Waals surface area contributed by atoms with E-state index in [1.165, 1.54) is 65.6 Å². The van der Waals surface area contributed by atoms with Gasteiger partial charge in [0.1, 0.15) is 11.6 Å². The molecular weight excluding hydrogens is 419 g/mol. The second kappa shape index (κ2) is 10.4. The number of imidazole rings is 1. The van der Waals surface area contributed by atoms with E-state index in [9.17, 15) is 4.39 Å². The van der Waals surface area contributed by atoms with Gasteiger partial charge in [0.2, 0.25) is 0 Å². The Kier molecular flexibility index (Phi) is 7.31. The van der Waals surface area contributed by atoms with E-state index < -0.39 is 0 Å². The minimum atomic E-state index is -0.237. The smallest absolute Gasteiger partial charge is 0.145 e. The number of aromatic nitrogens is 2. The van der Waals surface area contributed by atoms with E-state index in [0.29, 0.717) is 0 Å². The molecule has 0 unspecified atom stereocenters. The Morgan fingerprint density at radius 2 is 1.35 bits per heavy atom. The lowest BCUT2D eigenvalue weighted by Crippen LogP contribution is -2.05. The van der Waals surface area contributed by atoms with Gasteiger partial charge in [-0.05, 0) is 105 Å². The predicted molar refractivity (Wildman–Crippen MR) is 141 cm³/mol. The maximum absolute atomic E-state index is 13.5. The summed E-state index contributed by atoms with van der Waals surface area (Å²) >= 11 is 0. The summed E-state index contributed by atoms with van der Waals surface area (Å²) < 4.78 is 15.8. The van der Waals surface area contributed by atoms with Crippen LogP contribution in [-0.2, 0) is 6.42 Å². The van der Waals surface area contributed by atoms with E-state index in [-0.39, 0.29) is 5.82 Å². The van der Waals surface area contributed by atoms with Gasteiger partial charge >= 0.3 is 0 Å². The third-order valence-corrected chi connectivity index (χ3v) is 6.77. The molecule has 0 spiro atoms. The Balaban J connectivity index is 1.68. The molecule has 4 rings (SSSR count). The second-order valence-corrected chi connectivity index (χ2v) is 9.41. The fraction of sp³-hybridized carbons (Fsp3) is 0.323. The fourth-order valence-corrected chi connectivity index (χ4v) is 4.77. The van der Waals surface area contributed by atoms with E-state index in [2.05, 4.69) is 68.7 Å². The average molecular weight is 455 g/mol. The zero-order valence-corrected chi connectivity index (χ0v) is 21.1. The minimum Gasteiger partial charge on any atom is -0.296 e. The molecule has 0 N–H and O–H groups in total. The predicted octanol–water partition coefficient (Wildman–Crippen LogP) is 8.70. The van der Waals surface area contributed by atoms with Gasteiger partial charge in [0.15, 0.2) is 0 Å². The molecule has 3 aromatic carbocycles. The van der Waals surface area contributed by atoms with E-state index >= 15 is 0 Å². The topological polar surface area (TPSA) is 17.8 Å². The summed E-state index contributed by atoms with van der Waals surface area (Å²) in [5.74, 6) is 0.611. The molecule has 34 heavy (non-hydrogen) atoms. The van der Waals surface area contributed by atoms with Crippen molar-refractivity contribution in [2.75, 3.05) is 0 Å². The number of benzene rings is 3. The van der Waals surface area contributed by atoms with Crippen LogP contribution in [0.2, 0.25) is 0 Å². The number of hydrogen-bond donors (Lipinski definition) is 0. The van der Waals surface area contributed by atoms with E-state index in [1.807, 2.05) is 6.92 Å². The Bertz CT molecular complexity index is 1240. The Hall–Kier alpha value is -3.20. The number of hydrogen-bond acceptors (Lipinski definition) is 1. The average Bonchev–Trinajstić information content (AvgIpc) is 3.11. The van der Waals surface area contributed by atoms with Gasteiger partial charge in [-0.3, -0.25) is 4.57 Å². The van der Waals surface area contributed by atoms with Crippen LogP contribution in [0.1, 0.15) is 60.7 Å². The van der Waals surface area contributed by atoms with Crippen LogP contribution in [0, 0.1) is 33.5 Å². The van der Waals surface area contributed by atoms with Gasteiger partial charge in [-0.1, -0.05) is 50.5 Å². The van der Waals surface area contributed by atoms with Crippen molar-refractivity contribution in [1.82, 2.24) is 9.55 Å². The molecule has 0 saturated carbocycles. The summed E-state index contributed by atoms with van der Waals surface area (Å²) in [6, 6.07) is 20.2. The molecule has 1 aromatic heterocycles. The quantitative estimate of drug-likeness (QED) is 0.243. The molecule has 2 nitrogen and oxygen atoms in total. The Morgan fingerprint density at radius 1 is 0.735 bits per heavy atom. The third-order valence-electron chi connectivity index (χ3n) is 6.77. The normalized spacial score (nSPS) is 11.2. The first-order valence-corrected chi connectivity index (χ1v) is 12.4. The zero-order chi connectivity index (χ0) is 24.2.